The average molecular weight is 110 g/mol. The Balaban J connectivity index is 0.000000490. The molecule has 0 saturated carbocycles. The maximum Gasteiger partial charge on any atom is 0.00886 e. The van der Waals surface area contributed by atoms with E-state index in [4.69, 9.17) is 0 Å². The molecule has 1 rings (SSSR count). The van der Waals surface area contributed by atoms with Gasteiger partial charge in [0.1, 0.15) is 0 Å². The fourth-order valence-corrected chi connectivity index (χ4v) is 0.780. The highest BCUT2D eigenvalue weighted by Gasteiger charge is 1.87. The van der Waals surface area contributed by atoms with Crippen molar-refractivity contribution in [3.63, 3.8) is 0 Å². The smallest absolute Gasteiger partial charge is 0.00886 e. The van der Waals surface area contributed by atoms with Gasteiger partial charge in [-0.2, -0.15) is 0 Å². The molecule has 0 nitrogen and oxygen atoms in total. The van der Waals surface area contributed by atoms with Gasteiger partial charge in [0.15, 0.2) is 0 Å². The zero-order chi connectivity index (χ0) is 4.95. The van der Waals surface area contributed by atoms with Gasteiger partial charge in [-0.15, -0.1) is 11.8 Å². The molecule has 1 aliphatic carbocycles. The van der Waals surface area contributed by atoms with Crippen molar-refractivity contribution in [3.8, 4) is 11.8 Å². The summed E-state index contributed by atoms with van der Waals surface area (Å²) in [5.41, 5.74) is 0. The minimum Gasteiger partial charge on any atom is -0.103 e. The van der Waals surface area contributed by atoms with Gasteiger partial charge in [0, 0.05) is 12.8 Å². The van der Waals surface area contributed by atoms with E-state index in [-0.39, 0.29) is 7.43 Å². The number of hydrogen-bond donors (Lipinski definition) is 0. The van der Waals surface area contributed by atoms with E-state index in [1.54, 1.807) is 0 Å². The predicted molar refractivity (Wildman–Crippen MR) is 37.6 cm³/mol. The summed E-state index contributed by atoms with van der Waals surface area (Å²) in [6.07, 6.45) is 6.31. The van der Waals surface area contributed by atoms with Gasteiger partial charge in [-0.1, -0.05) is 13.8 Å². The first-order valence-electron chi connectivity index (χ1n) is 2.96. The minimum atomic E-state index is 0. The molecule has 0 radical (unpaired) electrons. The van der Waals surface area contributed by atoms with E-state index in [1.165, 1.54) is 19.3 Å². The molecule has 0 aromatic rings. The lowest BCUT2D eigenvalue weighted by atomic mass is 10.2. The van der Waals surface area contributed by atoms with Gasteiger partial charge in [0.25, 0.3) is 0 Å². The third-order valence-electron chi connectivity index (χ3n) is 1.23. The van der Waals surface area contributed by atoms with E-state index >= 15 is 0 Å². The van der Waals surface area contributed by atoms with Crippen LogP contribution in [0, 0.1) is 11.8 Å². The molecule has 0 unspecified atom stereocenters. The Morgan fingerprint density at radius 1 is 0.750 bits per heavy atom. The third-order valence-corrected chi connectivity index (χ3v) is 1.23. The molecule has 0 heteroatoms. The molecule has 0 heterocycles. The first-order valence-corrected chi connectivity index (χ1v) is 2.96. The van der Waals surface area contributed by atoms with E-state index < -0.39 is 0 Å². The highest BCUT2D eigenvalue weighted by Crippen LogP contribution is 2.04. The summed E-state index contributed by atoms with van der Waals surface area (Å²) in [7, 11) is 0. The van der Waals surface area contributed by atoms with Crippen LogP contribution in [0.4, 0.5) is 0 Å². The van der Waals surface area contributed by atoms with Gasteiger partial charge in [-0.25, -0.2) is 0 Å². The summed E-state index contributed by atoms with van der Waals surface area (Å²) in [5.74, 6) is 6.19. The predicted octanol–water partition coefficient (Wildman–Crippen LogP) is 2.59. The van der Waals surface area contributed by atoms with E-state index in [0.29, 0.717) is 0 Å². The summed E-state index contributed by atoms with van der Waals surface area (Å²) in [6.45, 7) is 0. The molecule has 8 heavy (non-hydrogen) atoms. The van der Waals surface area contributed by atoms with Crippen LogP contribution in [0.5, 0.6) is 0 Å². The first kappa shape index (κ1) is 7.56. The Morgan fingerprint density at radius 2 is 1.25 bits per heavy atom. The van der Waals surface area contributed by atoms with Gasteiger partial charge in [-0.3, -0.25) is 0 Å². The van der Waals surface area contributed by atoms with E-state index in [9.17, 15) is 0 Å². The highest BCUT2D eigenvalue weighted by atomic mass is 13.9. The number of rotatable bonds is 0. The van der Waals surface area contributed by atoms with Crippen molar-refractivity contribution in [2.24, 2.45) is 0 Å². The SMILES string of the molecule is C.C1#CCCCCC1. The standard InChI is InChI=1S/C7H10.CH4/c1-2-4-6-7-5-3-1;/h1-5H2;1H4. The Hall–Kier alpha value is -0.440. The van der Waals surface area contributed by atoms with Crippen LogP contribution in [-0.4, -0.2) is 0 Å². The Kier molecular flexibility index (Phi) is 4.45. The number of hydrogen-bond acceptors (Lipinski definition) is 0. The lowest BCUT2D eigenvalue weighted by molar-refractivity contribution is 0.722. The second-order valence-corrected chi connectivity index (χ2v) is 1.91. The summed E-state index contributed by atoms with van der Waals surface area (Å²) >= 11 is 0. The molecule has 0 fully saturated rings. The van der Waals surface area contributed by atoms with Gasteiger partial charge < -0.3 is 0 Å². The van der Waals surface area contributed by atoms with Crippen molar-refractivity contribution in [1.29, 1.82) is 0 Å². The average Bonchev–Trinajstić information content (AvgIpc) is 1.90. The van der Waals surface area contributed by atoms with Crippen LogP contribution in [0.1, 0.15) is 39.5 Å². The van der Waals surface area contributed by atoms with Crippen molar-refractivity contribution in [2.75, 3.05) is 0 Å². The van der Waals surface area contributed by atoms with Gasteiger partial charge >= 0.3 is 0 Å². The zero-order valence-corrected chi connectivity index (χ0v) is 4.54. The topological polar surface area (TPSA) is 0 Å². The Bertz CT molecular complexity index is 82.3. The molecule has 0 atom stereocenters. The molecule has 1 aliphatic rings. The van der Waals surface area contributed by atoms with Crippen molar-refractivity contribution in [2.45, 2.75) is 39.5 Å². The minimum absolute atomic E-state index is 0. The Labute approximate surface area is 52.3 Å². The van der Waals surface area contributed by atoms with E-state index in [1.807, 2.05) is 0 Å². The molecule has 0 aromatic carbocycles. The van der Waals surface area contributed by atoms with Gasteiger partial charge in [0.05, 0.1) is 0 Å². The summed E-state index contributed by atoms with van der Waals surface area (Å²) in [4.78, 5) is 0. The molecule has 0 aromatic heterocycles. The second kappa shape index (κ2) is 4.71. The van der Waals surface area contributed by atoms with Crippen LogP contribution in [0.25, 0.3) is 0 Å². The summed E-state index contributed by atoms with van der Waals surface area (Å²) < 4.78 is 0. The second-order valence-electron chi connectivity index (χ2n) is 1.91. The van der Waals surface area contributed by atoms with Crippen LogP contribution >= 0.6 is 0 Å². The van der Waals surface area contributed by atoms with Crippen LogP contribution < -0.4 is 0 Å². The first-order chi connectivity index (χ1) is 3.50. The van der Waals surface area contributed by atoms with Crippen LogP contribution in [-0.2, 0) is 0 Å². The lowest BCUT2D eigenvalue weighted by Crippen LogP contribution is -1.68. The fourth-order valence-electron chi connectivity index (χ4n) is 0.780. The fraction of sp³-hybridized carbons (Fsp3) is 0.750. The van der Waals surface area contributed by atoms with E-state index in [2.05, 4.69) is 11.8 Å². The molecule has 0 saturated heterocycles. The van der Waals surface area contributed by atoms with Gasteiger partial charge in [-0.05, 0) is 12.8 Å². The molecule has 0 bridgehead atoms. The summed E-state index contributed by atoms with van der Waals surface area (Å²) in [6, 6.07) is 0. The van der Waals surface area contributed by atoms with Crippen molar-refractivity contribution >= 4 is 0 Å². The third kappa shape index (κ3) is 2.69. The zero-order valence-electron chi connectivity index (χ0n) is 4.54. The maximum absolute atomic E-state index is 3.10. The van der Waals surface area contributed by atoms with Crippen LogP contribution in [0.15, 0.2) is 0 Å². The molecular formula is C8H14. The van der Waals surface area contributed by atoms with Crippen LogP contribution in [0.2, 0.25) is 0 Å². The monoisotopic (exact) mass is 110 g/mol. The molecule has 0 spiro atoms. The molecule has 0 aliphatic heterocycles. The van der Waals surface area contributed by atoms with E-state index in [0.717, 1.165) is 12.8 Å². The molecule has 46 valence electrons. The molecular weight excluding hydrogens is 96.1 g/mol. The largest absolute Gasteiger partial charge is 0.103 e. The quantitative estimate of drug-likeness (QED) is 0.420. The van der Waals surface area contributed by atoms with Gasteiger partial charge in [0.2, 0.25) is 0 Å². The van der Waals surface area contributed by atoms with Crippen molar-refractivity contribution in [1.82, 2.24) is 0 Å². The van der Waals surface area contributed by atoms with Crippen molar-refractivity contribution < 1.29 is 0 Å². The van der Waals surface area contributed by atoms with Crippen molar-refractivity contribution in [3.05, 3.63) is 0 Å². The summed E-state index contributed by atoms with van der Waals surface area (Å²) in [5, 5.41) is 0. The molecule has 0 N–H and O–H groups in total. The highest BCUT2D eigenvalue weighted by molar-refractivity contribution is 5.00. The molecule has 0 amide bonds. The normalized spacial score (nSPS) is 17.0. The lowest BCUT2D eigenvalue weighted by Gasteiger charge is -1.85. The van der Waals surface area contributed by atoms with Crippen LogP contribution in [0.3, 0.4) is 0 Å². The Morgan fingerprint density at radius 3 is 1.75 bits per heavy atom. The maximum atomic E-state index is 3.10.